The number of primary sulfonamides is 1. The number of hydrogen-bond donors (Lipinski definition) is 1. The minimum absolute atomic E-state index is 0.203. The van der Waals surface area contributed by atoms with Crippen LogP contribution in [0.4, 0.5) is 0 Å². The molecule has 18 heavy (non-hydrogen) atoms. The molecule has 0 aliphatic heterocycles. The second-order valence-corrected chi connectivity index (χ2v) is 7.34. The van der Waals surface area contributed by atoms with E-state index < -0.39 is 31.4 Å². The summed E-state index contributed by atoms with van der Waals surface area (Å²) in [5, 5.41) is 8.45. The third-order valence-electron chi connectivity index (χ3n) is 2.22. The van der Waals surface area contributed by atoms with Gasteiger partial charge >= 0.3 is 0 Å². The van der Waals surface area contributed by atoms with Crippen LogP contribution < -0.4 is 5.14 Å². The highest BCUT2D eigenvalue weighted by Crippen LogP contribution is 2.14. The van der Waals surface area contributed by atoms with Crippen molar-refractivity contribution in [1.29, 1.82) is 0 Å². The summed E-state index contributed by atoms with van der Waals surface area (Å²) >= 11 is 0. The summed E-state index contributed by atoms with van der Waals surface area (Å²) in [6.45, 7) is 0. The van der Waals surface area contributed by atoms with E-state index in [-0.39, 0.29) is 5.03 Å². The highest BCUT2D eigenvalue weighted by atomic mass is 32.2. The molecule has 2 aromatic heterocycles. The first-order valence-electron chi connectivity index (χ1n) is 4.81. The second kappa shape index (κ2) is 4.30. The molecular formula is C8H10N4O4S2. The molecule has 0 amide bonds. The van der Waals surface area contributed by atoms with E-state index >= 15 is 0 Å². The summed E-state index contributed by atoms with van der Waals surface area (Å²) in [5.74, 6) is -1.25. The van der Waals surface area contributed by atoms with E-state index in [4.69, 9.17) is 5.14 Å². The number of aromatic nitrogens is 3. The number of nitrogens with two attached hydrogens (primary N) is 1. The van der Waals surface area contributed by atoms with Crippen molar-refractivity contribution in [3.8, 4) is 0 Å². The largest absolute Gasteiger partial charge is 0.241 e. The van der Waals surface area contributed by atoms with Crippen molar-refractivity contribution in [3.63, 3.8) is 0 Å². The van der Waals surface area contributed by atoms with Gasteiger partial charge in [-0.3, -0.25) is 0 Å². The van der Waals surface area contributed by atoms with E-state index in [9.17, 15) is 16.8 Å². The van der Waals surface area contributed by atoms with E-state index in [1.165, 1.54) is 29.2 Å². The number of sulfonamides is 1. The topological polar surface area (TPSA) is 124 Å². The lowest BCUT2D eigenvalue weighted by atomic mass is 10.5. The highest BCUT2D eigenvalue weighted by Gasteiger charge is 2.22. The highest BCUT2D eigenvalue weighted by molar-refractivity contribution is 7.94. The molecule has 0 aliphatic carbocycles. The van der Waals surface area contributed by atoms with Gasteiger partial charge in [0.25, 0.3) is 0 Å². The average molecular weight is 290 g/mol. The van der Waals surface area contributed by atoms with Gasteiger partial charge in [0.2, 0.25) is 10.0 Å². The minimum Gasteiger partial charge on any atom is -0.241 e. The van der Waals surface area contributed by atoms with E-state index in [0.29, 0.717) is 5.52 Å². The van der Waals surface area contributed by atoms with Gasteiger partial charge in [-0.25, -0.2) is 31.5 Å². The molecular weight excluding hydrogens is 280 g/mol. The first kappa shape index (κ1) is 12.9. The Hall–Kier alpha value is -1.52. The Kier molecular flexibility index (Phi) is 3.09. The molecule has 0 saturated carbocycles. The standard InChI is InChI=1S/C8H10N4O4S2/c9-18(15,16)6-5-17(13,14)8-7-1-2-11-12(7)4-3-10-8/h1-4H,5-6H2,(H2,9,15,16). The van der Waals surface area contributed by atoms with Gasteiger partial charge in [-0.1, -0.05) is 0 Å². The maximum atomic E-state index is 12.0. The summed E-state index contributed by atoms with van der Waals surface area (Å²) in [6.07, 6.45) is 4.20. The van der Waals surface area contributed by atoms with E-state index in [1.807, 2.05) is 0 Å². The van der Waals surface area contributed by atoms with Crippen molar-refractivity contribution in [2.75, 3.05) is 11.5 Å². The first-order chi connectivity index (χ1) is 8.30. The molecule has 2 aromatic rings. The Morgan fingerprint density at radius 2 is 1.89 bits per heavy atom. The Bertz CT molecular complexity index is 778. The van der Waals surface area contributed by atoms with Crippen LogP contribution in [0.3, 0.4) is 0 Å². The molecule has 0 aromatic carbocycles. The molecule has 0 spiro atoms. The van der Waals surface area contributed by atoms with Crippen molar-refractivity contribution in [2.45, 2.75) is 5.03 Å². The lowest BCUT2D eigenvalue weighted by Gasteiger charge is -2.04. The summed E-state index contributed by atoms with van der Waals surface area (Å²) in [4.78, 5) is 3.77. The summed E-state index contributed by atoms with van der Waals surface area (Å²) in [6, 6.07) is 1.48. The van der Waals surface area contributed by atoms with Gasteiger partial charge < -0.3 is 0 Å². The fourth-order valence-electron chi connectivity index (χ4n) is 1.39. The second-order valence-electron chi connectivity index (χ2n) is 3.58. The predicted molar refractivity (Wildman–Crippen MR) is 63.0 cm³/mol. The van der Waals surface area contributed by atoms with E-state index in [2.05, 4.69) is 10.1 Å². The third kappa shape index (κ3) is 2.66. The zero-order chi connectivity index (χ0) is 13.4. The van der Waals surface area contributed by atoms with Crippen molar-refractivity contribution < 1.29 is 16.8 Å². The van der Waals surface area contributed by atoms with Gasteiger partial charge in [-0.15, -0.1) is 0 Å². The number of nitrogens with zero attached hydrogens (tertiary/aromatic N) is 3. The number of sulfone groups is 1. The van der Waals surface area contributed by atoms with Crippen LogP contribution in [0.2, 0.25) is 0 Å². The Morgan fingerprint density at radius 1 is 1.17 bits per heavy atom. The minimum atomic E-state index is -3.83. The van der Waals surface area contributed by atoms with Crippen molar-refractivity contribution >= 4 is 25.4 Å². The van der Waals surface area contributed by atoms with Crippen molar-refractivity contribution in [1.82, 2.24) is 14.6 Å². The maximum Gasteiger partial charge on any atom is 0.210 e. The molecule has 0 bridgehead atoms. The van der Waals surface area contributed by atoms with Crippen LogP contribution in [0.25, 0.3) is 5.52 Å². The molecule has 0 unspecified atom stereocenters. The van der Waals surface area contributed by atoms with Gasteiger partial charge in [0, 0.05) is 12.4 Å². The lowest BCUT2D eigenvalue weighted by Crippen LogP contribution is -2.24. The Balaban J connectivity index is 2.44. The molecule has 10 heteroatoms. The first-order valence-corrected chi connectivity index (χ1v) is 8.18. The van der Waals surface area contributed by atoms with Crippen LogP contribution in [-0.2, 0) is 19.9 Å². The van der Waals surface area contributed by atoms with Gasteiger partial charge in [0.1, 0.15) is 5.52 Å². The molecule has 8 nitrogen and oxygen atoms in total. The van der Waals surface area contributed by atoms with Crippen LogP contribution in [0.5, 0.6) is 0 Å². The fraction of sp³-hybridized carbons (Fsp3) is 0.250. The number of hydrogen-bond acceptors (Lipinski definition) is 6. The molecule has 0 aliphatic rings. The van der Waals surface area contributed by atoms with Crippen LogP contribution >= 0.6 is 0 Å². The molecule has 2 heterocycles. The molecule has 2 rings (SSSR count). The van der Waals surface area contributed by atoms with Gasteiger partial charge in [-0.2, -0.15) is 5.10 Å². The smallest absolute Gasteiger partial charge is 0.210 e. The summed E-state index contributed by atoms with van der Waals surface area (Å²) < 4.78 is 46.9. The Labute approximate surface area is 103 Å². The van der Waals surface area contributed by atoms with Crippen LogP contribution in [0.1, 0.15) is 0 Å². The monoisotopic (exact) mass is 290 g/mol. The maximum absolute atomic E-state index is 12.0. The van der Waals surface area contributed by atoms with E-state index in [1.54, 1.807) is 0 Å². The normalized spacial score (nSPS) is 12.9. The SMILES string of the molecule is NS(=O)(=O)CCS(=O)(=O)c1nccn2nccc12. The molecule has 0 atom stereocenters. The molecule has 2 N–H and O–H groups in total. The van der Waals surface area contributed by atoms with Crippen molar-refractivity contribution in [3.05, 3.63) is 24.7 Å². The Morgan fingerprint density at radius 3 is 2.56 bits per heavy atom. The van der Waals surface area contributed by atoms with Crippen LogP contribution in [-0.4, -0.2) is 42.9 Å². The third-order valence-corrected chi connectivity index (χ3v) is 4.90. The van der Waals surface area contributed by atoms with Gasteiger partial charge in [0.05, 0.1) is 17.7 Å². The molecule has 98 valence electrons. The zero-order valence-electron chi connectivity index (χ0n) is 9.09. The van der Waals surface area contributed by atoms with Crippen molar-refractivity contribution in [2.24, 2.45) is 5.14 Å². The zero-order valence-corrected chi connectivity index (χ0v) is 10.7. The van der Waals surface area contributed by atoms with Gasteiger partial charge in [0.15, 0.2) is 14.9 Å². The number of rotatable bonds is 4. The molecule has 0 radical (unpaired) electrons. The predicted octanol–water partition coefficient (Wildman–Crippen LogP) is -1.21. The van der Waals surface area contributed by atoms with E-state index in [0.717, 1.165) is 0 Å². The summed E-state index contributed by atoms with van der Waals surface area (Å²) in [7, 11) is -7.66. The molecule has 0 fully saturated rings. The van der Waals surface area contributed by atoms with Crippen LogP contribution in [0, 0.1) is 0 Å². The summed E-state index contributed by atoms with van der Waals surface area (Å²) in [5.41, 5.74) is 0.298. The number of fused-ring (bicyclic) bond motifs is 1. The quantitative estimate of drug-likeness (QED) is 0.753. The lowest BCUT2D eigenvalue weighted by molar-refractivity contribution is 0.586. The van der Waals surface area contributed by atoms with Gasteiger partial charge in [-0.05, 0) is 6.07 Å². The average Bonchev–Trinajstić information content (AvgIpc) is 2.73. The van der Waals surface area contributed by atoms with Crippen LogP contribution in [0.15, 0.2) is 29.7 Å². The molecule has 0 saturated heterocycles. The fourth-order valence-corrected chi connectivity index (χ4v) is 4.10.